The summed E-state index contributed by atoms with van der Waals surface area (Å²) >= 11 is 0. The first-order valence-corrected chi connectivity index (χ1v) is 8.21. The molecule has 0 fully saturated rings. The molecule has 0 unspecified atom stereocenters. The van der Waals surface area contributed by atoms with E-state index in [9.17, 15) is 4.79 Å². The summed E-state index contributed by atoms with van der Waals surface area (Å²) in [4.78, 5) is 29.1. The Kier molecular flexibility index (Phi) is 3.42. The molecule has 3 heterocycles. The fourth-order valence-electron chi connectivity index (χ4n) is 2.98. The first kappa shape index (κ1) is 15.5. The van der Waals surface area contributed by atoms with Crippen LogP contribution in [-0.2, 0) is 6.54 Å². The van der Waals surface area contributed by atoms with E-state index in [0.29, 0.717) is 23.3 Å². The summed E-state index contributed by atoms with van der Waals surface area (Å²) in [5.41, 5.74) is 5.38. The van der Waals surface area contributed by atoms with Crippen LogP contribution in [0.2, 0.25) is 0 Å². The van der Waals surface area contributed by atoms with E-state index < -0.39 is 0 Å². The van der Waals surface area contributed by atoms with Crippen LogP contribution < -0.4 is 5.32 Å². The highest BCUT2D eigenvalue weighted by Crippen LogP contribution is 2.28. The van der Waals surface area contributed by atoms with Crippen LogP contribution in [0.1, 0.15) is 42.3 Å². The molecule has 0 atom stereocenters. The smallest absolute Gasteiger partial charge is 0.255 e. The molecule has 1 aromatic carbocycles. The summed E-state index contributed by atoms with van der Waals surface area (Å²) in [5.74, 6) is -0.160. The van der Waals surface area contributed by atoms with Crippen LogP contribution in [0, 0.1) is 0 Å². The standard InChI is InChI=1S/C19H19N5O/c1-19(2,3)24-18(25)14-9-21-17-16(14)23-15(10-22-17)12-6-4-5-11-7-20-8-13(11)12/h4-7,9-10H,8H2,1-3H3,(H,21,22)(H,24,25). The number of carbonyl (C=O) groups is 1. The fraction of sp³-hybridized carbons (Fsp3) is 0.263. The quantitative estimate of drug-likeness (QED) is 0.756. The second kappa shape index (κ2) is 5.51. The highest BCUT2D eigenvalue weighted by molar-refractivity contribution is 6.05. The Hall–Kier alpha value is -3.02. The molecule has 0 aliphatic carbocycles. The number of fused-ring (bicyclic) bond motifs is 2. The molecule has 25 heavy (non-hydrogen) atoms. The molecule has 6 nitrogen and oxygen atoms in total. The Morgan fingerprint density at radius 3 is 2.92 bits per heavy atom. The normalized spacial score (nSPS) is 13.2. The maximum absolute atomic E-state index is 12.6. The third-order valence-electron chi connectivity index (χ3n) is 4.08. The van der Waals surface area contributed by atoms with Crippen molar-refractivity contribution in [2.75, 3.05) is 0 Å². The van der Waals surface area contributed by atoms with Crippen LogP contribution in [-0.4, -0.2) is 32.6 Å². The minimum Gasteiger partial charge on any atom is -0.347 e. The van der Waals surface area contributed by atoms with Crippen molar-refractivity contribution in [1.82, 2.24) is 20.3 Å². The van der Waals surface area contributed by atoms with E-state index in [0.717, 1.165) is 22.4 Å². The van der Waals surface area contributed by atoms with Crippen molar-refractivity contribution in [3.63, 3.8) is 0 Å². The molecule has 2 aromatic heterocycles. The lowest BCUT2D eigenvalue weighted by molar-refractivity contribution is 0.0921. The fourth-order valence-corrected chi connectivity index (χ4v) is 2.98. The molecule has 0 bridgehead atoms. The molecule has 6 heteroatoms. The maximum atomic E-state index is 12.6. The predicted molar refractivity (Wildman–Crippen MR) is 97.8 cm³/mol. The Morgan fingerprint density at radius 2 is 2.12 bits per heavy atom. The van der Waals surface area contributed by atoms with Crippen molar-refractivity contribution in [2.24, 2.45) is 4.99 Å². The van der Waals surface area contributed by atoms with E-state index in [1.54, 1.807) is 12.4 Å². The van der Waals surface area contributed by atoms with Gasteiger partial charge in [0.25, 0.3) is 5.91 Å². The van der Waals surface area contributed by atoms with Gasteiger partial charge in [-0.3, -0.25) is 9.79 Å². The van der Waals surface area contributed by atoms with Crippen molar-refractivity contribution in [3.05, 3.63) is 47.3 Å². The third kappa shape index (κ3) is 2.80. The maximum Gasteiger partial charge on any atom is 0.255 e. The number of nitrogens with one attached hydrogen (secondary N) is 2. The number of aromatic nitrogens is 3. The van der Waals surface area contributed by atoms with Gasteiger partial charge in [0.1, 0.15) is 5.52 Å². The Balaban J connectivity index is 1.80. The molecular formula is C19H19N5O. The van der Waals surface area contributed by atoms with Gasteiger partial charge in [0.2, 0.25) is 0 Å². The highest BCUT2D eigenvalue weighted by Gasteiger charge is 2.21. The second-order valence-electron chi connectivity index (χ2n) is 7.20. The lowest BCUT2D eigenvalue weighted by Gasteiger charge is -2.20. The predicted octanol–water partition coefficient (Wildman–Crippen LogP) is 3.09. The minimum atomic E-state index is -0.316. The number of rotatable bonds is 2. The first-order valence-electron chi connectivity index (χ1n) is 8.21. The van der Waals surface area contributed by atoms with Gasteiger partial charge in [0.05, 0.1) is 24.0 Å². The zero-order valence-corrected chi connectivity index (χ0v) is 14.4. The monoisotopic (exact) mass is 333 g/mol. The molecule has 3 aromatic rings. The average molecular weight is 333 g/mol. The zero-order valence-electron chi connectivity index (χ0n) is 14.4. The lowest BCUT2D eigenvalue weighted by atomic mass is 10.0. The van der Waals surface area contributed by atoms with Crippen molar-refractivity contribution in [2.45, 2.75) is 32.9 Å². The molecule has 1 aliphatic rings. The summed E-state index contributed by atoms with van der Waals surface area (Å²) in [7, 11) is 0. The molecule has 2 N–H and O–H groups in total. The van der Waals surface area contributed by atoms with Crippen LogP contribution in [0.4, 0.5) is 0 Å². The summed E-state index contributed by atoms with van der Waals surface area (Å²) in [6.07, 6.45) is 5.27. The number of H-pyrrole nitrogens is 1. The van der Waals surface area contributed by atoms with Gasteiger partial charge in [0.15, 0.2) is 5.65 Å². The summed E-state index contributed by atoms with van der Waals surface area (Å²) < 4.78 is 0. The van der Waals surface area contributed by atoms with Crippen molar-refractivity contribution in [3.8, 4) is 11.3 Å². The van der Waals surface area contributed by atoms with E-state index in [1.165, 1.54) is 0 Å². The summed E-state index contributed by atoms with van der Waals surface area (Å²) in [5, 5.41) is 2.97. The Labute approximate surface area is 145 Å². The number of benzene rings is 1. The largest absolute Gasteiger partial charge is 0.347 e. The zero-order chi connectivity index (χ0) is 17.6. The number of amides is 1. The number of aliphatic imine (C=N–C) groups is 1. The van der Waals surface area contributed by atoms with Crippen LogP contribution in [0.3, 0.4) is 0 Å². The molecule has 0 saturated heterocycles. The van der Waals surface area contributed by atoms with Gasteiger partial charge < -0.3 is 10.3 Å². The van der Waals surface area contributed by atoms with Gasteiger partial charge in [-0.05, 0) is 31.9 Å². The topological polar surface area (TPSA) is 83.0 Å². The van der Waals surface area contributed by atoms with Crippen molar-refractivity contribution < 1.29 is 4.79 Å². The van der Waals surface area contributed by atoms with Gasteiger partial charge in [-0.1, -0.05) is 18.2 Å². The molecule has 0 spiro atoms. The van der Waals surface area contributed by atoms with Crippen LogP contribution in [0.15, 0.2) is 35.6 Å². The van der Waals surface area contributed by atoms with E-state index in [4.69, 9.17) is 4.98 Å². The molecule has 126 valence electrons. The Bertz CT molecular complexity index is 1010. The van der Waals surface area contributed by atoms with Crippen LogP contribution in [0.25, 0.3) is 22.4 Å². The molecule has 1 aliphatic heterocycles. The number of carbonyl (C=O) groups excluding carboxylic acids is 1. The molecule has 0 radical (unpaired) electrons. The third-order valence-corrected chi connectivity index (χ3v) is 4.08. The molecule has 4 rings (SSSR count). The number of hydrogen-bond donors (Lipinski definition) is 2. The number of hydrogen-bond acceptors (Lipinski definition) is 4. The summed E-state index contributed by atoms with van der Waals surface area (Å²) in [6.45, 7) is 6.49. The van der Waals surface area contributed by atoms with Gasteiger partial charge >= 0.3 is 0 Å². The average Bonchev–Trinajstić information content (AvgIpc) is 3.18. The van der Waals surface area contributed by atoms with Gasteiger partial charge in [-0.15, -0.1) is 0 Å². The first-order chi connectivity index (χ1) is 11.9. The molecule has 1 amide bonds. The highest BCUT2D eigenvalue weighted by atomic mass is 16.1. The minimum absolute atomic E-state index is 0.160. The lowest BCUT2D eigenvalue weighted by Crippen LogP contribution is -2.40. The van der Waals surface area contributed by atoms with Gasteiger partial charge in [-0.25, -0.2) is 9.97 Å². The van der Waals surface area contributed by atoms with Gasteiger partial charge in [-0.2, -0.15) is 0 Å². The molecule has 0 saturated carbocycles. The van der Waals surface area contributed by atoms with Crippen molar-refractivity contribution >= 4 is 23.3 Å². The van der Waals surface area contributed by atoms with Gasteiger partial charge in [0, 0.05) is 23.5 Å². The van der Waals surface area contributed by atoms with E-state index in [1.807, 2.05) is 45.2 Å². The number of aromatic amines is 1. The van der Waals surface area contributed by atoms with E-state index in [-0.39, 0.29) is 11.4 Å². The molecular weight excluding hydrogens is 314 g/mol. The summed E-state index contributed by atoms with van der Waals surface area (Å²) in [6, 6.07) is 6.05. The van der Waals surface area contributed by atoms with E-state index in [2.05, 4.69) is 20.3 Å². The Morgan fingerprint density at radius 1 is 1.28 bits per heavy atom. The van der Waals surface area contributed by atoms with Crippen LogP contribution in [0.5, 0.6) is 0 Å². The van der Waals surface area contributed by atoms with Crippen LogP contribution >= 0.6 is 0 Å². The number of nitrogens with zero attached hydrogens (tertiary/aromatic N) is 3. The SMILES string of the molecule is CC(C)(C)NC(=O)c1c[nH]c2ncc(-c3cccc4c3CN=C4)nc12. The second-order valence-corrected chi connectivity index (χ2v) is 7.20. The van der Waals surface area contributed by atoms with Crippen molar-refractivity contribution in [1.29, 1.82) is 0 Å². The van der Waals surface area contributed by atoms with E-state index >= 15 is 0 Å².